The molecule has 0 fully saturated rings. The summed E-state index contributed by atoms with van der Waals surface area (Å²) in [5.74, 6) is 0.653. The predicted molar refractivity (Wildman–Crippen MR) is 64.9 cm³/mol. The molecular weight excluding hydrogens is 224 g/mol. The summed E-state index contributed by atoms with van der Waals surface area (Å²) in [7, 11) is 0. The summed E-state index contributed by atoms with van der Waals surface area (Å²) in [5.41, 5.74) is 0. The maximum Gasteiger partial charge on any atom is 0.262 e. The summed E-state index contributed by atoms with van der Waals surface area (Å²) in [6.45, 7) is 1.63. The van der Waals surface area contributed by atoms with Gasteiger partial charge in [-0.1, -0.05) is 30.3 Å². The first-order chi connectivity index (χ1) is 7.66. The van der Waals surface area contributed by atoms with Gasteiger partial charge in [-0.15, -0.1) is 0 Å². The zero-order valence-electron chi connectivity index (χ0n) is 8.81. The van der Waals surface area contributed by atoms with Crippen molar-refractivity contribution in [3.63, 3.8) is 0 Å². The highest BCUT2D eigenvalue weighted by Crippen LogP contribution is 2.21. The number of benzene rings is 2. The number of ether oxygens (including phenoxy) is 1. The second kappa shape index (κ2) is 4.54. The number of fused-ring (bicyclic) bond motifs is 1. The molecule has 0 amide bonds. The highest BCUT2D eigenvalue weighted by Gasteiger charge is 2.11. The Morgan fingerprint density at radius 1 is 1.19 bits per heavy atom. The van der Waals surface area contributed by atoms with Crippen molar-refractivity contribution in [2.75, 3.05) is 0 Å². The van der Waals surface area contributed by atoms with Crippen LogP contribution in [0.2, 0.25) is 0 Å². The van der Waals surface area contributed by atoms with E-state index in [1.54, 1.807) is 6.92 Å². The minimum Gasteiger partial charge on any atom is -0.482 e. The molecule has 0 aliphatic carbocycles. The van der Waals surface area contributed by atoms with Crippen molar-refractivity contribution in [3.05, 3.63) is 42.5 Å². The first-order valence-corrected chi connectivity index (χ1v) is 5.39. The fraction of sp³-hybridized carbons (Fsp3) is 0.154. The zero-order valence-corrected chi connectivity index (χ0v) is 9.57. The summed E-state index contributed by atoms with van der Waals surface area (Å²) in [5, 5.41) is 1.72. The van der Waals surface area contributed by atoms with E-state index >= 15 is 0 Å². The van der Waals surface area contributed by atoms with Gasteiger partial charge in [0.1, 0.15) is 5.75 Å². The number of carbonyl (C=O) groups is 1. The average Bonchev–Trinajstić information content (AvgIpc) is 2.28. The third-order valence-electron chi connectivity index (χ3n) is 2.35. The number of carbonyl (C=O) groups excluding carboxylic acids is 1. The van der Waals surface area contributed by atoms with Crippen LogP contribution in [-0.4, -0.2) is 11.3 Å². The van der Waals surface area contributed by atoms with Gasteiger partial charge in [0.05, 0.1) is 0 Å². The van der Waals surface area contributed by atoms with Crippen LogP contribution in [0, 0.1) is 0 Å². The Morgan fingerprint density at radius 2 is 1.88 bits per heavy atom. The summed E-state index contributed by atoms with van der Waals surface area (Å²) in [4.78, 5) is 10.9. The highest BCUT2D eigenvalue weighted by molar-refractivity contribution is 6.64. The molecule has 0 saturated heterocycles. The minimum atomic E-state index is -0.622. The molecule has 0 N–H and O–H groups in total. The fourth-order valence-electron chi connectivity index (χ4n) is 1.49. The molecule has 0 spiro atoms. The highest BCUT2D eigenvalue weighted by atomic mass is 35.5. The standard InChI is InChI=1S/C13H11ClO2/c1-9(13(14)15)16-12-7-6-10-4-2-3-5-11(10)8-12/h2-9H,1H3. The maximum atomic E-state index is 10.9. The molecule has 1 atom stereocenters. The van der Waals surface area contributed by atoms with Crippen LogP contribution in [0.5, 0.6) is 5.75 Å². The van der Waals surface area contributed by atoms with E-state index in [0.717, 1.165) is 10.8 Å². The van der Waals surface area contributed by atoms with Crippen LogP contribution in [0.15, 0.2) is 42.5 Å². The van der Waals surface area contributed by atoms with Gasteiger partial charge in [-0.3, -0.25) is 4.79 Å². The van der Waals surface area contributed by atoms with E-state index in [0.29, 0.717) is 5.75 Å². The number of hydrogen-bond acceptors (Lipinski definition) is 2. The van der Waals surface area contributed by atoms with E-state index in [1.165, 1.54) is 0 Å². The molecule has 2 aromatic rings. The molecule has 0 bridgehead atoms. The molecule has 2 rings (SSSR count). The quantitative estimate of drug-likeness (QED) is 0.761. The van der Waals surface area contributed by atoms with Crippen molar-refractivity contribution >= 4 is 27.6 Å². The topological polar surface area (TPSA) is 26.3 Å². The molecule has 16 heavy (non-hydrogen) atoms. The first kappa shape index (κ1) is 11.0. The molecule has 0 aromatic heterocycles. The first-order valence-electron chi connectivity index (χ1n) is 5.01. The molecule has 2 aromatic carbocycles. The zero-order chi connectivity index (χ0) is 11.5. The Bertz CT molecular complexity index is 522. The van der Waals surface area contributed by atoms with Crippen LogP contribution in [0.25, 0.3) is 10.8 Å². The Kier molecular flexibility index (Phi) is 3.11. The van der Waals surface area contributed by atoms with E-state index in [4.69, 9.17) is 16.3 Å². The lowest BCUT2D eigenvalue weighted by Crippen LogP contribution is -2.18. The van der Waals surface area contributed by atoms with Crippen LogP contribution in [0.1, 0.15) is 6.92 Å². The van der Waals surface area contributed by atoms with Crippen molar-refractivity contribution in [3.8, 4) is 5.75 Å². The average molecular weight is 235 g/mol. The van der Waals surface area contributed by atoms with Crippen LogP contribution in [-0.2, 0) is 4.79 Å². The fourth-order valence-corrected chi connectivity index (χ4v) is 1.54. The predicted octanol–water partition coefficient (Wildman–Crippen LogP) is 3.37. The SMILES string of the molecule is CC(Oc1ccc2ccccc2c1)C(=O)Cl. The molecule has 2 nitrogen and oxygen atoms in total. The summed E-state index contributed by atoms with van der Waals surface area (Å²) >= 11 is 5.33. The van der Waals surface area contributed by atoms with Gasteiger partial charge in [0.25, 0.3) is 5.24 Å². The molecule has 0 aliphatic rings. The van der Waals surface area contributed by atoms with Gasteiger partial charge < -0.3 is 4.74 Å². The monoisotopic (exact) mass is 234 g/mol. The minimum absolute atomic E-state index is 0.492. The molecule has 0 saturated carbocycles. The third kappa shape index (κ3) is 2.34. The van der Waals surface area contributed by atoms with Crippen molar-refractivity contribution in [1.29, 1.82) is 0 Å². The van der Waals surface area contributed by atoms with Crippen molar-refractivity contribution in [2.24, 2.45) is 0 Å². The molecule has 0 aliphatic heterocycles. The van der Waals surface area contributed by atoms with Gasteiger partial charge in [-0.2, -0.15) is 0 Å². The smallest absolute Gasteiger partial charge is 0.262 e. The van der Waals surface area contributed by atoms with Crippen LogP contribution in [0.3, 0.4) is 0 Å². The summed E-state index contributed by atoms with van der Waals surface area (Å²) < 4.78 is 5.40. The van der Waals surface area contributed by atoms with Gasteiger partial charge in [0.2, 0.25) is 0 Å². The Hall–Kier alpha value is -1.54. The van der Waals surface area contributed by atoms with Crippen LogP contribution < -0.4 is 4.74 Å². The van der Waals surface area contributed by atoms with Gasteiger partial charge >= 0.3 is 0 Å². The number of halogens is 1. The van der Waals surface area contributed by atoms with Crippen LogP contribution in [0.4, 0.5) is 0 Å². The van der Waals surface area contributed by atoms with E-state index in [2.05, 4.69) is 0 Å². The Morgan fingerprint density at radius 3 is 2.56 bits per heavy atom. The third-order valence-corrected chi connectivity index (χ3v) is 2.66. The summed E-state index contributed by atoms with van der Waals surface area (Å²) in [6.07, 6.45) is -0.622. The molecule has 0 radical (unpaired) electrons. The van der Waals surface area contributed by atoms with E-state index < -0.39 is 11.3 Å². The van der Waals surface area contributed by atoms with Crippen LogP contribution >= 0.6 is 11.6 Å². The summed E-state index contributed by atoms with van der Waals surface area (Å²) in [6, 6.07) is 13.6. The van der Waals surface area contributed by atoms with Gasteiger partial charge in [0.15, 0.2) is 6.10 Å². The van der Waals surface area contributed by atoms with E-state index in [-0.39, 0.29) is 0 Å². The molecular formula is C13H11ClO2. The van der Waals surface area contributed by atoms with Crippen molar-refractivity contribution in [1.82, 2.24) is 0 Å². The van der Waals surface area contributed by atoms with E-state index in [1.807, 2.05) is 42.5 Å². The molecule has 1 unspecified atom stereocenters. The Balaban J connectivity index is 2.29. The van der Waals surface area contributed by atoms with Gasteiger partial charge in [0, 0.05) is 0 Å². The van der Waals surface area contributed by atoms with Crippen molar-refractivity contribution < 1.29 is 9.53 Å². The molecule has 82 valence electrons. The largest absolute Gasteiger partial charge is 0.482 e. The molecule has 3 heteroatoms. The number of rotatable bonds is 3. The maximum absolute atomic E-state index is 10.9. The lowest BCUT2D eigenvalue weighted by atomic mass is 10.1. The van der Waals surface area contributed by atoms with E-state index in [9.17, 15) is 4.79 Å². The lowest BCUT2D eigenvalue weighted by Gasteiger charge is -2.10. The second-order valence-electron chi connectivity index (χ2n) is 3.57. The second-order valence-corrected chi connectivity index (χ2v) is 3.95. The normalized spacial score (nSPS) is 12.4. The van der Waals surface area contributed by atoms with Gasteiger partial charge in [-0.25, -0.2) is 0 Å². The van der Waals surface area contributed by atoms with Crippen molar-refractivity contribution in [2.45, 2.75) is 13.0 Å². The lowest BCUT2D eigenvalue weighted by molar-refractivity contribution is -0.117. The van der Waals surface area contributed by atoms with Gasteiger partial charge in [-0.05, 0) is 41.4 Å². The molecule has 0 heterocycles. The Labute approximate surface area is 98.8 Å². The number of hydrogen-bond donors (Lipinski definition) is 0.